The molecule has 0 amide bonds. The van der Waals surface area contributed by atoms with Crippen molar-refractivity contribution in [2.75, 3.05) is 6.61 Å². The highest BCUT2D eigenvalue weighted by Gasteiger charge is 2.12. The van der Waals surface area contributed by atoms with Crippen LogP contribution in [0.2, 0.25) is 0 Å². The average molecular weight is 254 g/mol. The van der Waals surface area contributed by atoms with Gasteiger partial charge in [-0.3, -0.25) is 0 Å². The molecule has 2 heterocycles. The second-order valence-corrected chi connectivity index (χ2v) is 5.58. The number of aliphatic hydroxyl groups excluding tert-OH is 1. The van der Waals surface area contributed by atoms with Crippen LogP contribution in [0.25, 0.3) is 0 Å². The molecule has 3 nitrogen and oxygen atoms in total. The SMILES string of the molecule is Cc1nc(C(CO)NCc2cccs2)cs1. The van der Waals surface area contributed by atoms with Crippen LogP contribution in [0.1, 0.15) is 21.6 Å². The molecule has 2 aromatic heterocycles. The fraction of sp³-hybridized carbons (Fsp3) is 0.364. The first-order chi connectivity index (χ1) is 7.79. The van der Waals surface area contributed by atoms with E-state index >= 15 is 0 Å². The first-order valence-electron chi connectivity index (χ1n) is 5.08. The van der Waals surface area contributed by atoms with Crippen LogP contribution in [-0.2, 0) is 6.54 Å². The second kappa shape index (κ2) is 5.54. The third-order valence-electron chi connectivity index (χ3n) is 2.28. The Morgan fingerprint density at radius 3 is 2.94 bits per heavy atom. The molecule has 0 radical (unpaired) electrons. The number of nitrogens with zero attached hydrogens (tertiary/aromatic N) is 1. The molecule has 86 valence electrons. The van der Waals surface area contributed by atoms with Gasteiger partial charge in [0.1, 0.15) is 0 Å². The van der Waals surface area contributed by atoms with Crippen molar-refractivity contribution in [3.05, 3.63) is 38.5 Å². The average Bonchev–Trinajstić information content (AvgIpc) is 2.91. The van der Waals surface area contributed by atoms with Crippen molar-refractivity contribution in [1.29, 1.82) is 0 Å². The summed E-state index contributed by atoms with van der Waals surface area (Å²) in [7, 11) is 0. The Hall–Kier alpha value is -0.750. The Balaban J connectivity index is 1.96. The van der Waals surface area contributed by atoms with Gasteiger partial charge in [-0.1, -0.05) is 6.07 Å². The van der Waals surface area contributed by atoms with E-state index < -0.39 is 0 Å². The lowest BCUT2D eigenvalue weighted by molar-refractivity contribution is 0.241. The quantitative estimate of drug-likeness (QED) is 0.861. The van der Waals surface area contributed by atoms with Gasteiger partial charge in [0.05, 0.1) is 23.4 Å². The van der Waals surface area contributed by atoms with Crippen molar-refractivity contribution in [2.24, 2.45) is 0 Å². The van der Waals surface area contributed by atoms with E-state index in [1.807, 2.05) is 18.4 Å². The molecule has 0 saturated carbocycles. The van der Waals surface area contributed by atoms with Crippen LogP contribution < -0.4 is 5.32 Å². The standard InChI is InChI=1S/C11H14N2OS2/c1-8-13-11(7-16-8)10(6-14)12-5-9-3-2-4-15-9/h2-4,7,10,12,14H,5-6H2,1H3. The highest BCUT2D eigenvalue weighted by molar-refractivity contribution is 7.10. The third-order valence-corrected chi connectivity index (χ3v) is 3.95. The van der Waals surface area contributed by atoms with Gasteiger partial charge in [0, 0.05) is 16.8 Å². The van der Waals surface area contributed by atoms with Gasteiger partial charge in [0.15, 0.2) is 0 Å². The Morgan fingerprint density at radius 1 is 1.50 bits per heavy atom. The van der Waals surface area contributed by atoms with Gasteiger partial charge in [-0.2, -0.15) is 0 Å². The molecule has 2 N–H and O–H groups in total. The molecular weight excluding hydrogens is 240 g/mol. The molecule has 0 aliphatic heterocycles. The number of thiophene rings is 1. The van der Waals surface area contributed by atoms with Crippen molar-refractivity contribution in [2.45, 2.75) is 19.5 Å². The van der Waals surface area contributed by atoms with E-state index in [4.69, 9.17) is 0 Å². The molecule has 16 heavy (non-hydrogen) atoms. The number of aryl methyl sites for hydroxylation is 1. The van der Waals surface area contributed by atoms with Crippen LogP contribution >= 0.6 is 22.7 Å². The Morgan fingerprint density at radius 2 is 2.38 bits per heavy atom. The summed E-state index contributed by atoms with van der Waals surface area (Å²) >= 11 is 3.33. The summed E-state index contributed by atoms with van der Waals surface area (Å²) < 4.78 is 0. The van der Waals surface area contributed by atoms with Crippen molar-refractivity contribution >= 4 is 22.7 Å². The maximum Gasteiger partial charge on any atom is 0.0898 e. The Kier molecular flexibility index (Phi) is 4.06. The van der Waals surface area contributed by atoms with E-state index in [1.165, 1.54) is 4.88 Å². The van der Waals surface area contributed by atoms with Crippen molar-refractivity contribution in [1.82, 2.24) is 10.3 Å². The first kappa shape index (κ1) is 11.7. The monoisotopic (exact) mass is 254 g/mol. The summed E-state index contributed by atoms with van der Waals surface area (Å²) in [5.74, 6) is 0. The van der Waals surface area contributed by atoms with Crippen LogP contribution in [-0.4, -0.2) is 16.7 Å². The molecule has 5 heteroatoms. The van der Waals surface area contributed by atoms with Gasteiger partial charge in [-0.25, -0.2) is 4.98 Å². The Bertz CT molecular complexity index is 425. The fourth-order valence-corrected chi connectivity index (χ4v) is 2.76. The Labute approximate surface area is 103 Å². The second-order valence-electron chi connectivity index (χ2n) is 3.49. The third kappa shape index (κ3) is 2.89. The van der Waals surface area contributed by atoms with Crippen molar-refractivity contribution in [3.63, 3.8) is 0 Å². The maximum atomic E-state index is 9.32. The predicted octanol–water partition coefficient (Wildman–Crippen LogP) is 2.34. The number of hydrogen-bond donors (Lipinski definition) is 2. The summed E-state index contributed by atoms with van der Waals surface area (Å²) in [6.45, 7) is 2.83. The molecule has 0 fully saturated rings. The summed E-state index contributed by atoms with van der Waals surface area (Å²) in [5.41, 5.74) is 0.932. The van der Waals surface area contributed by atoms with E-state index in [-0.39, 0.29) is 12.6 Å². The predicted molar refractivity (Wildman–Crippen MR) is 67.8 cm³/mol. The number of aliphatic hydroxyl groups is 1. The molecule has 0 saturated heterocycles. The van der Waals surface area contributed by atoms with Crippen molar-refractivity contribution < 1.29 is 5.11 Å². The molecule has 0 aromatic carbocycles. The highest BCUT2D eigenvalue weighted by Crippen LogP contribution is 2.17. The lowest BCUT2D eigenvalue weighted by atomic mass is 10.2. The minimum Gasteiger partial charge on any atom is -0.394 e. The van der Waals surface area contributed by atoms with Gasteiger partial charge < -0.3 is 10.4 Å². The van der Waals surface area contributed by atoms with Crippen LogP contribution in [0.5, 0.6) is 0 Å². The lowest BCUT2D eigenvalue weighted by Gasteiger charge is -2.13. The van der Waals surface area contributed by atoms with E-state index in [0.717, 1.165) is 17.2 Å². The van der Waals surface area contributed by atoms with E-state index in [2.05, 4.69) is 21.7 Å². The van der Waals surface area contributed by atoms with E-state index in [9.17, 15) is 5.11 Å². The van der Waals surface area contributed by atoms with Gasteiger partial charge in [-0.05, 0) is 18.4 Å². The molecule has 0 bridgehead atoms. The van der Waals surface area contributed by atoms with Gasteiger partial charge >= 0.3 is 0 Å². The number of nitrogens with one attached hydrogen (secondary N) is 1. The van der Waals surface area contributed by atoms with Crippen LogP contribution in [0.4, 0.5) is 0 Å². The molecular formula is C11H14N2OS2. The van der Waals surface area contributed by atoms with Crippen molar-refractivity contribution in [3.8, 4) is 0 Å². The van der Waals surface area contributed by atoms with Gasteiger partial charge in [0.2, 0.25) is 0 Å². The molecule has 1 unspecified atom stereocenters. The molecule has 2 rings (SSSR count). The lowest BCUT2D eigenvalue weighted by Crippen LogP contribution is -2.23. The summed E-state index contributed by atoms with van der Waals surface area (Å²) in [5, 5.41) is 17.7. The van der Waals surface area contributed by atoms with Crippen LogP contribution in [0.3, 0.4) is 0 Å². The van der Waals surface area contributed by atoms with E-state index in [0.29, 0.717) is 0 Å². The first-order valence-corrected chi connectivity index (χ1v) is 6.84. The maximum absolute atomic E-state index is 9.32. The number of hydrogen-bond acceptors (Lipinski definition) is 5. The number of aromatic nitrogens is 1. The number of rotatable bonds is 5. The van der Waals surface area contributed by atoms with Gasteiger partial charge in [-0.15, -0.1) is 22.7 Å². The molecule has 0 spiro atoms. The molecule has 2 aromatic rings. The zero-order valence-electron chi connectivity index (χ0n) is 9.01. The summed E-state index contributed by atoms with van der Waals surface area (Å²) in [4.78, 5) is 5.65. The molecule has 1 atom stereocenters. The smallest absolute Gasteiger partial charge is 0.0898 e. The van der Waals surface area contributed by atoms with Crippen LogP contribution in [0, 0.1) is 6.92 Å². The van der Waals surface area contributed by atoms with Gasteiger partial charge in [0.25, 0.3) is 0 Å². The van der Waals surface area contributed by atoms with E-state index in [1.54, 1.807) is 22.7 Å². The summed E-state index contributed by atoms with van der Waals surface area (Å²) in [6, 6.07) is 4.05. The zero-order chi connectivity index (χ0) is 11.4. The molecule has 0 aliphatic rings. The topological polar surface area (TPSA) is 45.2 Å². The number of thiazole rings is 1. The molecule has 0 aliphatic carbocycles. The summed E-state index contributed by atoms with van der Waals surface area (Å²) in [6.07, 6.45) is 0. The largest absolute Gasteiger partial charge is 0.394 e. The zero-order valence-corrected chi connectivity index (χ0v) is 10.6. The highest BCUT2D eigenvalue weighted by atomic mass is 32.1. The fourth-order valence-electron chi connectivity index (χ4n) is 1.44. The minimum absolute atomic E-state index is 0.0629. The normalized spacial score (nSPS) is 12.9. The van der Waals surface area contributed by atoms with Crippen LogP contribution in [0.15, 0.2) is 22.9 Å². The minimum atomic E-state index is -0.0629.